The first-order valence-electron chi connectivity index (χ1n) is 4.58. The molecule has 1 rings (SSSR count). The maximum absolute atomic E-state index is 8.93. The summed E-state index contributed by atoms with van der Waals surface area (Å²) in [6.07, 6.45) is 4.62. The molecule has 0 radical (unpaired) electrons. The molecule has 0 fully saturated rings. The van der Waals surface area contributed by atoms with E-state index in [0.717, 1.165) is 12.2 Å². The van der Waals surface area contributed by atoms with Crippen molar-refractivity contribution >= 4 is 0 Å². The average molecular weight is 183 g/mol. The molecule has 1 aromatic rings. The highest BCUT2D eigenvalue weighted by molar-refractivity contribution is 4.90. The molecule has 4 heteroatoms. The third kappa shape index (κ3) is 2.82. The number of rotatable bonds is 5. The van der Waals surface area contributed by atoms with Gasteiger partial charge in [-0.2, -0.15) is 0 Å². The molecule has 0 aromatic carbocycles. The zero-order chi connectivity index (χ0) is 9.68. The molecule has 0 saturated heterocycles. The topological polar surface area (TPSA) is 50.1 Å². The zero-order valence-corrected chi connectivity index (χ0v) is 8.20. The molecule has 4 nitrogen and oxygen atoms in total. The van der Waals surface area contributed by atoms with Gasteiger partial charge in [-0.1, -0.05) is 6.92 Å². The van der Waals surface area contributed by atoms with Gasteiger partial charge in [-0.3, -0.25) is 0 Å². The molecule has 1 atom stereocenters. The summed E-state index contributed by atoms with van der Waals surface area (Å²) in [5, 5.41) is 12.2. The fourth-order valence-electron chi connectivity index (χ4n) is 1.14. The van der Waals surface area contributed by atoms with Crippen LogP contribution in [-0.4, -0.2) is 27.3 Å². The summed E-state index contributed by atoms with van der Waals surface area (Å²) in [7, 11) is 1.96. The molecule has 0 aliphatic heterocycles. The molecule has 0 aliphatic rings. The molecule has 0 spiro atoms. The van der Waals surface area contributed by atoms with Crippen molar-refractivity contribution in [1.82, 2.24) is 14.9 Å². The number of nitrogens with one attached hydrogen (secondary N) is 1. The van der Waals surface area contributed by atoms with E-state index < -0.39 is 0 Å². The Bertz CT molecular complexity index is 243. The third-order valence-electron chi connectivity index (χ3n) is 2.18. The van der Waals surface area contributed by atoms with Crippen molar-refractivity contribution < 1.29 is 5.11 Å². The first-order valence-corrected chi connectivity index (χ1v) is 4.58. The summed E-state index contributed by atoms with van der Waals surface area (Å²) in [4.78, 5) is 4.18. The molecular weight excluding hydrogens is 166 g/mol. The van der Waals surface area contributed by atoms with Crippen LogP contribution in [0.25, 0.3) is 0 Å². The van der Waals surface area contributed by atoms with Crippen LogP contribution >= 0.6 is 0 Å². The van der Waals surface area contributed by atoms with E-state index >= 15 is 0 Å². The quantitative estimate of drug-likeness (QED) is 0.689. The Balaban J connectivity index is 2.38. The Labute approximate surface area is 78.6 Å². The van der Waals surface area contributed by atoms with Crippen molar-refractivity contribution in [3.8, 4) is 0 Å². The van der Waals surface area contributed by atoms with Gasteiger partial charge in [0.2, 0.25) is 0 Å². The Morgan fingerprint density at radius 3 is 2.92 bits per heavy atom. The van der Waals surface area contributed by atoms with Crippen molar-refractivity contribution in [1.29, 1.82) is 0 Å². The summed E-state index contributed by atoms with van der Waals surface area (Å²) in [6, 6.07) is 0.177. The van der Waals surface area contributed by atoms with Crippen LogP contribution in [-0.2, 0) is 13.6 Å². The van der Waals surface area contributed by atoms with E-state index in [1.807, 2.05) is 24.7 Å². The Morgan fingerprint density at radius 1 is 1.69 bits per heavy atom. The number of nitrogens with zero attached hydrogens (tertiary/aromatic N) is 2. The van der Waals surface area contributed by atoms with Crippen LogP contribution in [0, 0.1) is 0 Å². The average Bonchev–Trinajstić information content (AvgIpc) is 2.54. The summed E-state index contributed by atoms with van der Waals surface area (Å²) >= 11 is 0. The van der Waals surface area contributed by atoms with Crippen LogP contribution in [0.15, 0.2) is 12.4 Å². The van der Waals surface area contributed by atoms with Crippen molar-refractivity contribution in [3.05, 3.63) is 18.2 Å². The molecule has 74 valence electrons. The Kier molecular flexibility index (Phi) is 3.92. The second-order valence-electron chi connectivity index (χ2n) is 3.12. The van der Waals surface area contributed by atoms with Gasteiger partial charge in [-0.25, -0.2) is 4.98 Å². The molecule has 1 heterocycles. The van der Waals surface area contributed by atoms with E-state index in [1.165, 1.54) is 0 Å². The molecule has 1 aromatic heterocycles. The van der Waals surface area contributed by atoms with Gasteiger partial charge in [0.1, 0.15) is 5.82 Å². The first-order chi connectivity index (χ1) is 6.27. The van der Waals surface area contributed by atoms with E-state index in [1.54, 1.807) is 6.20 Å². The number of hydrogen-bond donors (Lipinski definition) is 2. The third-order valence-corrected chi connectivity index (χ3v) is 2.18. The highest BCUT2D eigenvalue weighted by Crippen LogP contribution is 1.96. The molecule has 0 bridgehead atoms. The van der Waals surface area contributed by atoms with Gasteiger partial charge in [0.25, 0.3) is 0 Å². The number of aromatic nitrogens is 2. The molecular formula is C9H17N3O. The van der Waals surface area contributed by atoms with E-state index in [9.17, 15) is 0 Å². The van der Waals surface area contributed by atoms with Crippen molar-refractivity contribution in [2.75, 3.05) is 6.61 Å². The molecule has 0 amide bonds. The Hall–Kier alpha value is -0.870. The minimum absolute atomic E-state index is 0.177. The predicted octanol–water partition coefficient (Wildman–Crippen LogP) is 0.281. The normalized spacial score (nSPS) is 13.2. The van der Waals surface area contributed by atoms with Gasteiger partial charge in [0, 0.05) is 25.5 Å². The molecule has 1 unspecified atom stereocenters. The van der Waals surface area contributed by atoms with Crippen LogP contribution in [0.2, 0.25) is 0 Å². The monoisotopic (exact) mass is 183 g/mol. The largest absolute Gasteiger partial charge is 0.395 e. The minimum atomic E-state index is 0.177. The number of aryl methyl sites for hydroxylation is 1. The lowest BCUT2D eigenvalue weighted by Crippen LogP contribution is -2.32. The van der Waals surface area contributed by atoms with Gasteiger partial charge in [0.05, 0.1) is 13.2 Å². The van der Waals surface area contributed by atoms with E-state index in [4.69, 9.17) is 5.11 Å². The number of aliphatic hydroxyl groups is 1. The van der Waals surface area contributed by atoms with Crippen LogP contribution in [0.1, 0.15) is 19.2 Å². The van der Waals surface area contributed by atoms with Gasteiger partial charge in [-0.15, -0.1) is 0 Å². The van der Waals surface area contributed by atoms with Gasteiger partial charge < -0.3 is 15.0 Å². The fraction of sp³-hybridized carbons (Fsp3) is 0.667. The standard InChI is InChI=1S/C9H17N3O/c1-3-8(7-13)11-6-9-10-4-5-12(9)2/h4-5,8,11,13H,3,6-7H2,1-2H3. The van der Waals surface area contributed by atoms with Crippen LogP contribution in [0.5, 0.6) is 0 Å². The number of imidazole rings is 1. The molecule has 0 saturated carbocycles. The summed E-state index contributed by atoms with van der Waals surface area (Å²) in [6.45, 7) is 2.94. The summed E-state index contributed by atoms with van der Waals surface area (Å²) in [5.41, 5.74) is 0. The SMILES string of the molecule is CCC(CO)NCc1nccn1C. The molecule has 0 aliphatic carbocycles. The maximum atomic E-state index is 8.93. The second-order valence-corrected chi connectivity index (χ2v) is 3.12. The van der Waals surface area contributed by atoms with Gasteiger partial charge >= 0.3 is 0 Å². The van der Waals surface area contributed by atoms with Crippen molar-refractivity contribution in [3.63, 3.8) is 0 Å². The predicted molar refractivity (Wildman–Crippen MR) is 51.2 cm³/mol. The highest BCUT2D eigenvalue weighted by Gasteiger charge is 2.04. The van der Waals surface area contributed by atoms with Crippen molar-refractivity contribution in [2.24, 2.45) is 7.05 Å². The van der Waals surface area contributed by atoms with E-state index in [-0.39, 0.29) is 12.6 Å². The minimum Gasteiger partial charge on any atom is -0.395 e. The van der Waals surface area contributed by atoms with E-state index in [2.05, 4.69) is 10.3 Å². The lowest BCUT2D eigenvalue weighted by molar-refractivity contribution is 0.237. The molecule has 13 heavy (non-hydrogen) atoms. The second kappa shape index (κ2) is 4.99. The van der Waals surface area contributed by atoms with E-state index in [0.29, 0.717) is 6.54 Å². The first kappa shape index (κ1) is 10.2. The molecule has 2 N–H and O–H groups in total. The lowest BCUT2D eigenvalue weighted by Gasteiger charge is -2.13. The number of hydrogen-bond acceptors (Lipinski definition) is 3. The summed E-state index contributed by atoms with van der Waals surface area (Å²) < 4.78 is 1.97. The van der Waals surface area contributed by atoms with Gasteiger partial charge in [-0.05, 0) is 6.42 Å². The van der Waals surface area contributed by atoms with Crippen molar-refractivity contribution in [2.45, 2.75) is 25.9 Å². The summed E-state index contributed by atoms with van der Waals surface area (Å²) in [5.74, 6) is 0.993. The zero-order valence-electron chi connectivity index (χ0n) is 8.20. The smallest absolute Gasteiger partial charge is 0.122 e. The van der Waals surface area contributed by atoms with Crippen LogP contribution < -0.4 is 5.32 Å². The number of aliphatic hydroxyl groups excluding tert-OH is 1. The van der Waals surface area contributed by atoms with Crippen LogP contribution in [0.3, 0.4) is 0 Å². The lowest BCUT2D eigenvalue weighted by atomic mass is 10.2. The van der Waals surface area contributed by atoms with Crippen LogP contribution in [0.4, 0.5) is 0 Å². The Morgan fingerprint density at radius 2 is 2.46 bits per heavy atom. The highest BCUT2D eigenvalue weighted by atomic mass is 16.3. The van der Waals surface area contributed by atoms with Gasteiger partial charge in [0.15, 0.2) is 0 Å². The maximum Gasteiger partial charge on any atom is 0.122 e. The fourth-order valence-corrected chi connectivity index (χ4v) is 1.14.